The minimum absolute atomic E-state index is 0.0772. The maximum Gasteiger partial charge on any atom is 0.214 e. The number of benzene rings is 1. The van der Waals surface area contributed by atoms with Gasteiger partial charge in [-0.25, -0.2) is 4.39 Å². The summed E-state index contributed by atoms with van der Waals surface area (Å²) < 4.78 is 14.8. The van der Waals surface area contributed by atoms with Crippen LogP contribution in [0.15, 0.2) is 29.4 Å². The first kappa shape index (κ1) is 18.0. The zero-order valence-corrected chi connectivity index (χ0v) is 15.2. The Hall–Kier alpha value is -2.81. The zero-order chi connectivity index (χ0) is 18.8. The van der Waals surface area contributed by atoms with Crippen molar-refractivity contribution in [2.75, 3.05) is 5.75 Å². The van der Waals surface area contributed by atoms with Crippen LogP contribution in [0.3, 0.4) is 0 Å². The number of rotatable bonds is 6. The van der Waals surface area contributed by atoms with Crippen molar-refractivity contribution in [3.8, 4) is 5.69 Å². The van der Waals surface area contributed by atoms with Crippen LogP contribution >= 0.6 is 11.8 Å². The Morgan fingerprint density at radius 2 is 2.08 bits per heavy atom. The molecule has 0 aliphatic rings. The molecule has 7 nitrogen and oxygen atoms in total. The van der Waals surface area contributed by atoms with Crippen molar-refractivity contribution in [2.24, 2.45) is 0 Å². The predicted molar refractivity (Wildman–Crippen MR) is 94.4 cm³/mol. The van der Waals surface area contributed by atoms with E-state index in [-0.39, 0.29) is 17.3 Å². The minimum atomic E-state index is -0.403. The van der Waals surface area contributed by atoms with E-state index < -0.39 is 5.82 Å². The zero-order valence-electron chi connectivity index (χ0n) is 14.4. The number of H-pyrrole nitrogens is 1. The van der Waals surface area contributed by atoms with Gasteiger partial charge in [0.25, 0.3) is 0 Å². The van der Waals surface area contributed by atoms with Crippen LogP contribution in [-0.2, 0) is 0 Å². The number of aryl methyl sites for hydroxylation is 1. The number of nitrogens with one attached hydrogen (secondary N) is 1. The van der Waals surface area contributed by atoms with Crippen LogP contribution in [0, 0.1) is 19.7 Å². The largest absolute Gasteiger partial charge is 0.355 e. The lowest BCUT2D eigenvalue weighted by Gasteiger charge is -2.04. The molecule has 1 N–H and O–H groups in total. The summed E-state index contributed by atoms with van der Waals surface area (Å²) >= 11 is 1.14. The average Bonchev–Trinajstić information content (AvgIpc) is 3.16. The van der Waals surface area contributed by atoms with Gasteiger partial charge in [-0.2, -0.15) is 4.68 Å². The quantitative estimate of drug-likeness (QED) is 0.527. The first-order chi connectivity index (χ1) is 12.4. The maximum absolute atomic E-state index is 13.4. The van der Waals surface area contributed by atoms with Crippen molar-refractivity contribution >= 4 is 23.3 Å². The van der Waals surface area contributed by atoms with Crippen molar-refractivity contribution in [1.29, 1.82) is 0 Å². The van der Waals surface area contributed by atoms with Crippen molar-refractivity contribution < 1.29 is 14.0 Å². The Kier molecular flexibility index (Phi) is 4.99. The van der Waals surface area contributed by atoms with Crippen LogP contribution in [0.1, 0.15) is 39.0 Å². The fraction of sp³-hybridized carbons (Fsp3) is 0.235. The lowest BCUT2D eigenvalue weighted by Crippen LogP contribution is -2.07. The van der Waals surface area contributed by atoms with Gasteiger partial charge in [0.15, 0.2) is 11.6 Å². The first-order valence-electron chi connectivity index (χ1n) is 7.79. The molecule has 0 amide bonds. The van der Waals surface area contributed by atoms with Crippen LogP contribution in [0.4, 0.5) is 4.39 Å². The van der Waals surface area contributed by atoms with E-state index in [0.29, 0.717) is 33.4 Å². The summed E-state index contributed by atoms with van der Waals surface area (Å²) in [4.78, 5) is 27.2. The number of aromatic nitrogens is 5. The third kappa shape index (κ3) is 3.43. The highest BCUT2D eigenvalue weighted by Gasteiger charge is 2.21. The van der Waals surface area contributed by atoms with Gasteiger partial charge in [-0.15, -0.1) is 5.10 Å². The van der Waals surface area contributed by atoms with Crippen LogP contribution in [0.2, 0.25) is 0 Å². The summed E-state index contributed by atoms with van der Waals surface area (Å²) in [6.45, 7) is 4.98. The molecule has 2 heterocycles. The van der Waals surface area contributed by atoms with E-state index in [1.807, 2.05) is 0 Å². The molecule has 0 aliphatic heterocycles. The molecule has 0 spiro atoms. The van der Waals surface area contributed by atoms with Gasteiger partial charge in [-0.05, 0) is 55.0 Å². The Bertz CT molecular complexity index is 995. The number of hydrogen-bond acceptors (Lipinski definition) is 6. The highest BCUT2D eigenvalue weighted by atomic mass is 32.2. The van der Waals surface area contributed by atoms with E-state index >= 15 is 0 Å². The molecule has 0 bridgehead atoms. The van der Waals surface area contributed by atoms with Crippen LogP contribution in [0.5, 0.6) is 0 Å². The smallest absolute Gasteiger partial charge is 0.214 e. The molecule has 3 aromatic rings. The van der Waals surface area contributed by atoms with Gasteiger partial charge in [0, 0.05) is 11.3 Å². The Morgan fingerprint density at radius 3 is 2.73 bits per heavy atom. The number of thioether (sulfide) groups is 1. The molecular formula is C17H16FN5O2S. The molecule has 0 fully saturated rings. The monoisotopic (exact) mass is 373 g/mol. The summed E-state index contributed by atoms with van der Waals surface area (Å²) in [7, 11) is 0. The van der Waals surface area contributed by atoms with E-state index in [0.717, 1.165) is 11.8 Å². The van der Waals surface area contributed by atoms with Gasteiger partial charge in [0.2, 0.25) is 5.16 Å². The number of hydrogen-bond donors (Lipinski definition) is 1. The number of carbonyl (C=O) groups is 2. The number of Topliss-reactive ketones (excluding diaryl/α,β-unsaturated/α-hetero) is 2. The van der Waals surface area contributed by atoms with Gasteiger partial charge in [0.05, 0.1) is 17.1 Å². The molecule has 1 aromatic carbocycles. The van der Waals surface area contributed by atoms with Crippen molar-refractivity contribution in [3.05, 3.63) is 52.6 Å². The summed E-state index contributed by atoms with van der Waals surface area (Å²) in [5.74, 6) is -0.581. The van der Waals surface area contributed by atoms with Gasteiger partial charge in [-0.3, -0.25) is 9.59 Å². The average molecular weight is 373 g/mol. The van der Waals surface area contributed by atoms with Crippen LogP contribution in [-0.4, -0.2) is 42.5 Å². The Morgan fingerprint density at radius 1 is 1.31 bits per heavy atom. The molecule has 0 saturated heterocycles. The normalized spacial score (nSPS) is 10.9. The third-order valence-electron chi connectivity index (χ3n) is 3.89. The second kappa shape index (κ2) is 7.20. The number of tetrazole rings is 1. The van der Waals surface area contributed by atoms with Crippen molar-refractivity contribution in [2.45, 2.75) is 25.9 Å². The minimum Gasteiger partial charge on any atom is -0.355 e. The summed E-state index contributed by atoms with van der Waals surface area (Å²) in [6, 6.07) is 5.86. The van der Waals surface area contributed by atoms with Crippen molar-refractivity contribution in [3.63, 3.8) is 0 Å². The molecule has 0 radical (unpaired) electrons. The predicted octanol–water partition coefficient (Wildman–Crippen LogP) is 2.92. The fourth-order valence-corrected chi connectivity index (χ4v) is 3.56. The van der Waals surface area contributed by atoms with Gasteiger partial charge in [-0.1, -0.05) is 17.8 Å². The second-order valence-corrected chi connectivity index (χ2v) is 6.69. The summed E-state index contributed by atoms with van der Waals surface area (Å²) in [5.41, 5.74) is 2.74. The molecule has 0 unspecified atom stereocenters. The Labute approximate surface area is 153 Å². The number of ketones is 2. The number of halogens is 1. The summed E-state index contributed by atoms with van der Waals surface area (Å²) in [5, 5.41) is 11.7. The molecule has 9 heteroatoms. The fourth-order valence-electron chi connectivity index (χ4n) is 2.80. The molecule has 3 rings (SSSR count). The van der Waals surface area contributed by atoms with Gasteiger partial charge in [0.1, 0.15) is 5.82 Å². The van der Waals surface area contributed by atoms with E-state index in [9.17, 15) is 14.0 Å². The van der Waals surface area contributed by atoms with Crippen LogP contribution < -0.4 is 0 Å². The topological polar surface area (TPSA) is 93.5 Å². The highest BCUT2D eigenvalue weighted by Crippen LogP contribution is 2.23. The summed E-state index contributed by atoms with van der Waals surface area (Å²) in [6.07, 6.45) is 0. The van der Waals surface area contributed by atoms with E-state index in [1.165, 1.54) is 23.7 Å². The first-order valence-corrected chi connectivity index (χ1v) is 8.77. The van der Waals surface area contributed by atoms with Gasteiger partial charge < -0.3 is 4.98 Å². The molecule has 0 atom stereocenters. The molecular weight excluding hydrogens is 357 g/mol. The number of carbonyl (C=O) groups excluding carboxylic acids is 2. The lowest BCUT2D eigenvalue weighted by atomic mass is 10.1. The molecule has 0 aliphatic carbocycles. The van der Waals surface area contributed by atoms with Crippen molar-refractivity contribution in [1.82, 2.24) is 25.2 Å². The number of aromatic amines is 1. The molecule has 0 saturated carbocycles. The van der Waals surface area contributed by atoms with E-state index in [4.69, 9.17) is 0 Å². The molecule has 2 aromatic heterocycles. The third-order valence-corrected chi connectivity index (χ3v) is 4.81. The lowest BCUT2D eigenvalue weighted by molar-refractivity contribution is 0.101. The second-order valence-electron chi connectivity index (χ2n) is 5.75. The molecule has 134 valence electrons. The molecule has 26 heavy (non-hydrogen) atoms. The maximum atomic E-state index is 13.4. The van der Waals surface area contributed by atoms with Gasteiger partial charge >= 0.3 is 0 Å². The Balaban J connectivity index is 1.79. The SMILES string of the molecule is CC(=O)c1c(C)[nH]c(C(=O)CSc2nnnn2-c2cccc(F)c2)c1C. The highest BCUT2D eigenvalue weighted by molar-refractivity contribution is 7.99. The standard InChI is InChI=1S/C17H16FN5O2S/c1-9-15(11(3)24)10(2)19-16(9)14(25)8-26-17-20-21-22-23(17)13-6-4-5-12(18)7-13/h4-7,19H,8H2,1-3H3. The van der Waals surface area contributed by atoms with Crippen LogP contribution in [0.25, 0.3) is 5.69 Å². The number of nitrogens with zero attached hydrogens (tertiary/aromatic N) is 4. The van der Waals surface area contributed by atoms with E-state index in [1.54, 1.807) is 26.0 Å². The van der Waals surface area contributed by atoms with E-state index in [2.05, 4.69) is 20.5 Å².